The molecule has 0 radical (unpaired) electrons. The number of amides is 1. The number of hydrazine groups is 2. The molecule has 1 fully saturated rings. The number of rotatable bonds is 6. The van der Waals surface area contributed by atoms with Crippen molar-refractivity contribution >= 4 is 28.7 Å². The summed E-state index contributed by atoms with van der Waals surface area (Å²) in [5.74, 6) is -0.211. The number of hydrogen-bond acceptors (Lipinski definition) is 8. The topological polar surface area (TPSA) is 104 Å². The molecule has 5 rings (SSSR count). The number of likely N-dealkylation sites (N-methyl/N-ethyl adjacent to an activating group) is 1. The van der Waals surface area contributed by atoms with E-state index in [0.29, 0.717) is 11.3 Å². The zero-order chi connectivity index (χ0) is 28.6. The average molecular weight is 540 g/mol. The van der Waals surface area contributed by atoms with Gasteiger partial charge in [0.1, 0.15) is 0 Å². The maximum atomic E-state index is 13.5. The van der Waals surface area contributed by atoms with E-state index in [1.54, 1.807) is 0 Å². The quantitative estimate of drug-likeness (QED) is 0.436. The predicted molar refractivity (Wildman–Crippen MR) is 159 cm³/mol. The van der Waals surface area contributed by atoms with Crippen LogP contribution in [0.1, 0.15) is 46.6 Å². The number of nitrogens with one attached hydrogen (secondary N) is 3. The molecule has 208 valence electrons. The van der Waals surface area contributed by atoms with Crippen molar-refractivity contribution in [2.24, 2.45) is 7.05 Å². The largest absolute Gasteiger partial charge is 0.369 e. The molecule has 1 aromatic heterocycles. The van der Waals surface area contributed by atoms with Crippen molar-refractivity contribution in [3.05, 3.63) is 76.7 Å². The van der Waals surface area contributed by atoms with Crippen molar-refractivity contribution in [3.8, 4) is 6.07 Å². The summed E-state index contributed by atoms with van der Waals surface area (Å²) >= 11 is 0. The molecule has 2 aliphatic rings. The number of hydrogen-bond donors (Lipinski definition) is 3. The molecule has 1 saturated heterocycles. The van der Waals surface area contributed by atoms with Crippen LogP contribution in [0, 0.1) is 25.2 Å². The molecular weight excluding hydrogens is 502 g/mol. The van der Waals surface area contributed by atoms with Crippen LogP contribution in [0.4, 0.5) is 17.1 Å². The molecule has 2 aromatic carbocycles. The monoisotopic (exact) mass is 539 g/mol. The van der Waals surface area contributed by atoms with Gasteiger partial charge < -0.3 is 20.5 Å². The Kier molecular flexibility index (Phi) is 7.27. The Balaban J connectivity index is 1.41. The second kappa shape index (κ2) is 10.7. The molecule has 0 bridgehead atoms. The molecule has 0 saturated carbocycles. The molecule has 3 N–H and O–H groups in total. The van der Waals surface area contributed by atoms with Crippen LogP contribution in [0.15, 0.2) is 48.8 Å². The molecule has 2 aliphatic heterocycles. The molecule has 40 heavy (non-hydrogen) atoms. The van der Waals surface area contributed by atoms with Gasteiger partial charge in [-0.05, 0) is 76.2 Å². The van der Waals surface area contributed by atoms with E-state index >= 15 is 0 Å². The van der Waals surface area contributed by atoms with Gasteiger partial charge >= 0.3 is 0 Å². The fourth-order valence-electron chi connectivity index (χ4n) is 4.91. The first-order valence-electron chi connectivity index (χ1n) is 13.5. The van der Waals surface area contributed by atoms with E-state index in [2.05, 4.69) is 50.4 Å². The van der Waals surface area contributed by atoms with Gasteiger partial charge in [-0.2, -0.15) is 10.4 Å². The first-order chi connectivity index (χ1) is 19.1. The summed E-state index contributed by atoms with van der Waals surface area (Å²) < 4.78 is 1.83. The van der Waals surface area contributed by atoms with E-state index in [9.17, 15) is 10.1 Å². The number of aromatic nitrogens is 2. The maximum absolute atomic E-state index is 13.5. The summed E-state index contributed by atoms with van der Waals surface area (Å²) in [7, 11) is 4.04. The average Bonchev–Trinajstić information content (AvgIpc) is 3.55. The third kappa shape index (κ3) is 5.39. The van der Waals surface area contributed by atoms with Crippen LogP contribution in [-0.2, 0) is 12.5 Å². The van der Waals surface area contributed by atoms with Gasteiger partial charge in [-0.3, -0.25) is 14.5 Å². The highest BCUT2D eigenvalue weighted by atomic mass is 16.1. The van der Waals surface area contributed by atoms with E-state index in [1.165, 1.54) is 0 Å². The third-order valence-corrected chi connectivity index (χ3v) is 7.87. The summed E-state index contributed by atoms with van der Waals surface area (Å²) in [4.78, 5) is 18.1. The zero-order valence-corrected chi connectivity index (χ0v) is 24.0. The highest BCUT2D eigenvalue weighted by Gasteiger charge is 2.24. The van der Waals surface area contributed by atoms with Gasteiger partial charge in [0, 0.05) is 67.6 Å². The lowest BCUT2D eigenvalue weighted by atomic mass is 9.85. The van der Waals surface area contributed by atoms with Crippen LogP contribution >= 0.6 is 0 Å². The summed E-state index contributed by atoms with van der Waals surface area (Å²) in [6.45, 7) is 11.6. The number of nitriles is 1. The molecule has 1 amide bonds. The maximum Gasteiger partial charge on any atom is 0.255 e. The van der Waals surface area contributed by atoms with Gasteiger partial charge in [-0.25, -0.2) is 0 Å². The van der Waals surface area contributed by atoms with Crippen molar-refractivity contribution in [2.45, 2.75) is 33.1 Å². The lowest BCUT2D eigenvalue weighted by Gasteiger charge is -2.35. The van der Waals surface area contributed by atoms with Crippen molar-refractivity contribution in [1.29, 1.82) is 5.26 Å². The first-order valence-corrected chi connectivity index (χ1v) is 13.5. The normalized spacial score (nSPS) is 16.0. The second-order valence-corrected chi connectivity index (χ2v) is 11.2. The molecule has 3 heterocycles. The highest BCUT2D eigenvalue weighted by Crippen LogP contribution is 2.32. The minimum absolute atomic E-state index is 0.211. The Hall–Kier alpha value is -4.33. The van der Waals surface area contributed by atoms with E-state index in [-0.39, 0.29) is 5.91 Å². The van der Waals surface area contributed by atoms with Crippen molar-refractivity contribution < 1.29 is 4.79 Å². The molecule has 0 unspecified atom stereocenters. The third-order valence-electron chi connectivity index (χ3n) is 7.87. The van der Waals surface area contributed by atoms with Crippen LogP contribution in [0.5, 0.6) is 0 Å². The SMILES string of the molecule is Cc1ccc(C(=O)Nc2cc(N3CCN(C)CC3)cc(C(C)(C)C#N)c2)cc1N1C=C(c2cnn(C)c2C)NN1. The van der Waals surface area contributed by atoms with Crippen LogP contribution in [0.3, 0.4) is 0 Å². The number of benzene rings is 2. The molecule has 0 aliphatic carbocycles. The highest BCUT2D eigenvalue weighted by molar-refractivity contribution is 6.05. The molecule has 0 atom stereocenters. The standard InChI is InChI=1S/C30H37N9O/c1-20-7-8-22(13-28(20)39-18-27(34-35-39)26-17-32-37(6)21(26)2)29(40)33-24-14-23(30(3,4)19-31)15-25(16-24)38-11-9-36(5)10-12-38/h7-8,13-18,34-35H,9-12H2,1-6H3,(H,33,40). The summed E-state index contributed by atoms with van der Waals surface area (Å²) in [5.41, 5.74) is 13.6. The number of carbonyl (C=O) groups excluding carboxylic acids is 1. The molecule has 3 aromatic rings. The Morgan fingerprint density at radius 3 is 2.50 bits per heavy atom. The van der Waals surface area contributed by atoms with Crippen LogP contribution in [-0.4, -0.2) is 53.8 Å². The van der Waals surface area contributed by atoms with Crippen LogP contribution in [0.2, 0.25) is 0 Å². The summed E-state index contributed by atoms with van der Waals surface area (Å²) in [5, 5.41) is 19.1. The van der Waals surface area contributed by atoms with E-state index in [4.69, 9.17) is 0 Å². The Bertz CT molecular complexity index is 1510. The fraction of sp³-hybridized carbons (Fsp3) is 0.367. The van der Waals surface area contributed by atoms with E-state index in [0.717, 1.165) is 65.6 Å². The van der Waals surface area contributed by atoms with Crippen molar-refractivity contribution in [1.82, 2.24) is 25.6 Å². The lowest BCUT2D eigenvalue weighted by molar-refractivity contribution is 0.102. The van der Waals surface area contributed by atoms with E-state index in [1.807, 2.05) is 87.2 Å². The second-order valence-electron chi connectivity index (χ2n) is 11.2. The molecular formula is C30H37N9O. The summed E-state index contributed by atoms with van der Waals surface area (Å²) in [6, 6.07) is 14.0. The van der Waals surface area contributed by atoms with Crippen molar-refractivity contribution in [3.63, 3.8) is 0 Å². The number of aryl methyl sites for hydroxylation is 2. The van der Waals surface area contributed by atoms with Crippen molar-refractivity contribution in [2.75, 3.05) is 48.5 Å². The fourth-order valence-corrected chi connectivity index (χ4v) is 4.91. The number of carbonyl (C=O) groups is 1. The van der Waals surface area contributed by atoms with Gasteiger partial charge in [-0.15, -0.1) is 5.53 Å². The van der Waals surface area contributed by atoms with Crippen LogP contribution in [0.25, 0.3) is 5.70 Å². The Morgan fingerprint density at radius 2 is 1.82 bits per heavy atom. The number of piperazine rings is 1. The van der Waals surface area contributed by atoms with Gasteiger partial charge in [-0.1, -0.05) is 6.07 Å². The first kappa shape index (κ1) is 27.2. The van der Waals surface area contributed by atoms with Gasteiger partial charge in [0.15, 0.2) is 0 Å². The number of nitrogens with zero attached hydrogens (tertiary/aromatic N) is 6. The van der Waals surface area contributed by atoms with E-state index < -0.39 is 5.41 Å². The van der Waals surface area contributed by atoms with Gasteiger partial charge in [0.05, 0.1) is 29.1 Å². The minimum atomic E-state index is -0.690. The minimum Gasteiger partial charge on any atom is -0.369 e. The van der Waals surface area contributed by atoms with Crippen LogP contribution < -0.4 is 26.2 Å². The Morgan fingerprint density at radius 1 is 1.07 bits per heavy atom. The van der Waals surface area contributed by atoms with Gasteiger partial charge in [0.2, 0.25) is 0 Å². The molecule has 0 spiro atoms. The number of anilines is 3. The lowest BCUT2D eigenvalue weighted by Crippen LogP contribution is -2.44. The molecule has 10 nitrogen and oxygen atoms in total. The molecule has 10 heteroatoms. The predicted octanol–water partition coefficient (Wildman–Crippen LogP) is 3.67. The zero-order valence-electron chi connectivity index (χ0n) is 24.0. The summed E-state index contributed by atoms with van der Waals surface area (Å²) in [6.07, 6.45) is 3.79. The smallest absolute Gasteiger partial charge is 0.255 e. The Labute approximate surface area is 235 Å². The van der Waals surface area contributed by atoms with Gasteiger partial charge in [0.25, 0.3) is 5.91 Å².